The summed E-state index contributed by atoms with van der Waals surface area (Å²) in [6.07, 6.45) is 5.78. The normalized spacial score (nSPS) is 26.3. The average molecular weight is 477 g/mol. The maximum absolute atomic E-state index is 14.1. The number of fused-ring (bicyclic) bond motifs is 5. The monoisotopic (exact) mass is 476 g/mol. The molecule has 0 aliphatic carbocycles. The van der Waals surface area contributed by atoms with Gasteiger partial charge in [0, 0.05) is 43.1 Å². The number of carbonyl (C=O) groups excluding carboxylic acids is 1. The molecule has 7 heteroatoms. The number of amides is 1. The van der Waals surface area contributed by atoms with E-state index in [1.165, 1.54) is 12.8 Å². The highest BCUT2D eigenvalue weighted by molar-refractivity contribution is 6.11. The van der Waals surface area contributed by atoms with Gasteiger partial charge in [0.25, 0.3) is 0 Å². The van der Waals surface area contributed by atoms with Gasteiger partial charge in [0.1, 0.15) is 17.8 Å². The Balaban J connectivity index is 1.10. The fraction of sp³-hybridized carbons (Fsp3) is 0.536. The van der Waals surface area contributed by atoms with Gasteiger partial charge >= 0.3 is 0 Å². The van der Waals surface area contributed by atoms with Crippen molar-refractivity contribution in [3.63, 3.8) is 0 Å². The highest BCUT2D eigenvalue weighted by Gasteiger charge is 2.57. The van der Waals surface area contributed by atoms with Gasteiger partial charge in [-0.2, -0.15) is 0 Å². The lowest BCUT2D eigenvalue weighted by atomic mass is 9.77. The number of piperidine rings is 1. The molecule has 184 valence electrons. The first-order valence-corrected chi connectivity index (χ1v) is 13.0. The van der Waals surface area contributed by atoms with Crippen molar-refractivity contribution >= 4 is 11.6 Å². The van der Waals surface area contributed by atoms with Crippen LogP contribution in [-0.2, 0) is 14.9 Å². The van der Waals surface area contributed by atoms with Crippen molar-refractivity contribution < 1.29 is 23.7 Å². The number of likely N-dealkylation sites (tertiary alicyclic amines) is 1. The molecule has 0 N–H and O–H groups in total. The minimum Gasteiger partial charge on any atom is -0.491 e. The summed E-state index contributed by atoms with van der Waals surface area (Å²) in [6.45, 7) is 5.40. The standard InChI is InChI=1S/C28H32N2O5/c31-27-28(17-33-24-16-26-25(15-22(24)28)34-18-35-26)21-3-1-2-4-23(21)30(27)12-7-19-5-10-29(11-6-19)20-8-13-32-14-9-20/h1-4,15-16,19-20H,5-14,17-18H2. The molecular formula is C28H32N2O5. The van der Waals surface area contributed by atoms with Crippen LogP contribution in [0.15, 0.2) is 36.4 Å². The summed E-state index contributed by atoms with van der Waals surface area (Å²) in [4.78, 5) is 18.8. The Morgan fingerprint density at radius 1 is 0.886 bits per heavy atom. The zero-order valence-electron chi connectivity index (χ0n) is 20.0. The van der Waals surface area contributed by atoms with Crippen LogP contribution in [0.2, 0.25) is 0 Å². The summed E-state index contributed by atoms with van der Waals surface area (Å²) in [5, 5.41) is 0. The zero-order valence-corrected chi connectivity index (χ0v) is 20.0. The quantitative estimate of drug-likeness (QED) is 0.671. The predicted molar refractivity (Wildman–Crippen MR) is 130 cm³/mol. The number of rotatable bonds is 4. The molecule has 1 atom stereocenters. The SMILES string of the molecule is O=C1N(CCC2CCN(C3CCOCC3)CC2)c2ccccc2C12COc1cc3c(cc12)OCO3. The average Bonchev–Trinajstić information content (AvgIpc) is 3.59. The van der Waals surface area contributed by atoms with Gasteiger partial charge in [0.05, 0.1) is 0 Å². The number of nitrogens with zero attached hydrogens (tertiary/aromatic N) is 2. The molecule has 5 heterocycles. The van der Waals surface area contributed by atoms with Crippen LogP contribution in [0, 0.1) is 5.92 Å². The lowest BCUT2D eigenvalue weighted by Gasteiger charge is -2.39. The fourth-order valence-electron chi connectivity index (χ4n) is 6.76. The Morgan fingerprint density at radius 3 is 2.49 bits per heavy atom. The van der Waals surface area contributed by atoms with E-state index in [1.54, 1.807) is 0 Å². The van der Waals surface area contributed by atoms with Crippen molar-refractivity contribution in [3.8, 4) is 17.2 Å². The smallest absolute Gasteiger partial charge is 0.245 e. The third kappa shape index (κ3) is 3.35. The van der Waals surface area contributed by atoms with E-state index in [0.717, 1.165) is 74.7 Å². The van der Waals surface area contributed by atoms with Crippen molar-refractivity contribution in [2.45, 2.75) is 43.6 Å². The first kappa shape index (κ1) is 21.5. The molecule has 35 heavy (non-hydrogen) atoms. The summed E-state index contributed by atoms with van der Waals surface area (Å²) < 4.78 is 22.8. The van der Waals surface area contributed by atoms with E-state index in [9.17, 15) is 4.79 Å². The molecule has 5 aliphatic rings. The second-order valence-electron chi connectivity index (χ2n) is 10.5. The Morgan fingerprint density at radius 2 is 1.66 bits per heavy atom. The maximum atomic E-state index is 14.1. The summed E-state index contributed by atoms with van der Waals surface area (Å²) in [5.74, 6) is 2.87. The van der Waals surface area contributed by atoms with Crippen molar-refractivity contribution in [1.29, 1.82) is 0 Å². The number of benzene rings is 2. The van der Waals surface area contributed by atoms with E-state index in [2.05, 4.69) is 17.0 Å². The molecule has 7 rings (SSSR count). The summed E-state index contributed by atoms with van der Waals surface area (Å²) in [7, 11) is 0. The molecule has 2 saturated heterocycles. The largest absolute Gasteiger partial charge is 0.491 e. The van der Waals surface area contributed by atoms with E-state index in [-0.39, 0.29) is 12.7 Å². The highest BCUT2D eigenvalue weighted by Crippen LogP contribution is 2.55. The van der Waals surface area contributed by atoms with Crippen LogP contribution in [0.25, 0.3) is 0 Å². The van der Waals surface area contributed by atoms with Gasteiger partial charge in [0.2, 0.25) is 12.7 Å². The second-order valence-corrected chi connectivity index (χ2v) is 10.5. The first-order valence-electron chi connectivity index (χ1n) is 13.0. The molecule has 0 aromatic heterocycles. The highest BCUT2D eigenvalue weighted by atomic mass is 16.7. The molecule has 7 nitrogen and oxygen atoms in total. The predicted octanol–water partition coefficient (Wildman–Crippen LogP) is 3.72. The molecule has 0 bridgehead atoms. The van der Waals surface area contributed by atoms with Gasteiger partial charge in [-0.05, 0) is 68.8 Å². The second kappa shape index (κ2) is 8.42. The minimum atomic E-state index is -0.806. The number of ether oxygens (including phenoxy) is 4. The Bertz CT molecular complexity index is 1140. The lowest BCUT2D eigenvalue weighted by molar-refractivity contribution is -0.122. The molecule has 2 fully saturated rings. The fourth-order valence-corrected chi connectivity index (χ4v) is 6.76. The summed E-state index contributed by atoms with van der Waals surface area (Å²) in [5.41, 5.74) is 2.15. The van der Waals surface area contributed by atoms with Crippen molar-refractivity contribution in [2.24, 2.45) is 5.92 Å². The molecule has 0 radical (unpaired) electrons. The zero-order chi connectivity index (χ0) is 23.4. The lowest BCUT2D eigenvalue weighted by Crippen LogP contribution is -2.45. The Kier molecular flexibility index (Phi) is 5.17. The van der Waals surface area contributed by atoms with Crippen LogP contribution in [-0.4, -0.2) is 63.1 Å². The molecular weight excluding hydrogens is 444 g/mol. The van der Waals surface area contributed by atoms with E-state index < -0.39 is 5.41 Å². The van der Waals surface area contributed by atoms with Crippen molar-refractivity contribution in [3.05, 3.63) is 47.5 Å². The van der Waals surface area contributed by atoms with Gasteiger partial charge < -0.3 is 28.7 Å². The Labute approximate surface area is 205 Å². The third-order valence-corrected chi connectivity index (χ3v) is 8.76. The van der Waals surface area contributed by atoms with Crippen LogP contribution in [0.5, 0.6) is 17.2 Å². The molecule has 5 aliphatic heterocycles. The van der Waals surface area contributed by atoms with Crippen molar-refractivity contribution in [1.82, 2.24) is 4.90 Å². The molecule has 2 aromatic carbocycles. The molecule has 1 spiro atoms. The number of hydrogen-bond donors (Lipinski definition) is 0. The molecule has 0 saturated carbocycles. The maximum Gasteiger partial charge on any atom is 0.245 e. The van der Waals surface area contributed by atoms with Crippen molar-refractivity contribution in [2.75, 3.05) is 51.1 Å². The van der Waals surface area contributed by atoms with E-state index in [4.69, 9.17) is 18.9 Å². The minimum absolute atomic E-state index is 0.121. The molecule has 1 amide bonds. The van der Waals surface area contributed by atoms with Gasteiger partial charge in [-0.1, -0.05) is 18.2 Å². The number of hydrogen-bond acceptors (Lipinski definition) is 6. The topological polar surface area (TPSA) is 60.5 Å². The van der Waals surface area contributed by atoms with Crippen LogP contribution in [0.4, 0.5) is 5.69 Å². The summed E-state index contributed by atoms with van der Waals surface area (Å²) >= 11 is 0. The van der Waals surface area contributed by atoms with E-state index in [0.29, 0.717) is 30.1 Å². The number of anilines is 1. The Hall–Kier alpha value is -2.77. The van der Waals surface area contributed by atoms with E-state index >= 15 is 0 Å². The van der Waals surface area contributed by atoms with Gasteiger partial charge in [-0.15, -0.1) is 0 Å². The number of para-hydroxylation sites is 1. The van der Waals surface area contributed by atoms with Gasteiger partial charge in [0.15, 0.2) is 11.5 Å². The van der Waals surface area contributed by atoms with Crippen LogP contribution < -0.4 is 19.1 Å². The number of carbonyl (C=O) groups is 1. The third-order valence-electron chi connectivity index (χ3n) is 8.76. The van der Waals surface area contributed by atoms with Crippen LogP contribution in [0.3, 0.4) is 0 Å². The van der Waals surface area contributed by atoms with Gasteiger partial charge in [-0.25, -0.2) is 0 Å². The summed E-state index contributed by atoms with van der Waals surface area (Å²) in [6, 6.07) is 12.7. The van der Waals surface area contributed by atoms with E-state index in [1.807, 2.05) is 29.2 Å². The first-order chi connectivity index (χ1) is 17.2. The van der Waals surface area contributed by atoms with Crippen LogP contribution >= 0.6 is 0 Å². The van der Waals surface area contributed by atoms with Gasteiger partial charge in [-0.3, -0.25) is 4.79 Å². The van der Waals surface area contributed by atoms with Crippen LogP contribution in [0.1, 0.15) is 43.2 Å². The molecule has 2 aromatic rings. The molecule has 1 unspecified atom stereocenters.